The van der Waals surface area contributed by atoms with Gasteiger partial charge in [0.1, 0.15) is 0 Å². The Kier molecular flexibility index (Phi) is 6.60. The van der Waals surface area contributed by atoms with E-state index in [9.17, 15) is 14.7 Å². The number of rotatable bonds is 5. The molecule has 1 aromatic rings. The van der Waals surface area contributed by atoms with Crippen LogP contribution in [0, 0.1) is 5.92 Å². The van der Waals surface area contributed by atoms with Gasteiger partial charge in [-0.15, -0.1) is 0 Å². The van der Waals surface area contributed by atoms with E-state index in [1.807, 2.05) is 37.3 Å². The Labute approximate surface area is 167 Å². The molecule has 1 aliphatic heterocycles. The highest BCUT2D eigenvalue weighted by Gasteiger charge is 2.48. The third-order valence-electron chi connectivity index (χ3n) is 6.13. The van der Waals surface area contributed by atoms with E-state index in [0.717, 1.165) is 37.7 Å². The molecule has 3 N–H and O–H groups in total. The Bertz CT molecular complexity index is 671. The molecule has 1 aliphatic carbocycles. The van der Waals surface area contributed by atoms with E-state index in [2.05, 4.69) is 10.6 Å². The number of urea groups is 1. The summed E-state index contributed by atoms with van der Waals surface area (Å²) >= 11 is 0. The van der Waals surface area contributed by atoms with Crippen molar-refractivity contribution in [3.8, 4) is 0 Å². The summed E-state index contributed by atoms with van der Waals surface area (Å²) in [6, 6.07) is 8.59. The number of hydrogen-bond acceptors (Lipinski definition) is 3. The minimum absolute atomic E-state index is 0.000442. The Morgan fingerprint density at radius 2 is 1.89 bits per heavy atom. The van der Waals surface area contributed by atoms with Crippen LogP contribution in [-0.2, 0) is 4.79 Å². The summed E-state index contributed by atoms with van der Waals surface area (Å²) in [7, 11) is 0. The zero-order valence-electron chi connectivity index (χ0n) is 17.0. The van der Waals surface area contributed by atoms with Crippen molar-refractivity contribution in [2.24, 2.45) is 5.92 Å². The molecule has 1 aromatic carbocycles. The fraction of sp³-hybridized carbons (Fsp3) is 0.636. The molecule has 28 heavy (non-hydrogen) atoms. The minimum atomic E-state index is -1.09. The van der Waals surface area contributed by atoms with Crippen molar-refractivity contribution in [3.05, 3.63) is 35.9 Å². The van der Waals surface area contributed by atoms with Gasteiger partial charge in [0.2, 0.25) is 5.91 Å². The van der Waals surface area contributed by atoms with Gasteiger partial charge >= 0.3 is 6.03 Å². The molecule has 154 valence electrons. The van der Waals surface area contributed by atoms with Crippen molar-refractivity contribution in [3.63, 3.8) is 0 Å². The molecule has 1 saturated heterocycles. The average molecular weight is 388 g/mol. The molecule has 6 heteroatoms. The fourth-order valence-electron chi connectivity index (χ4n) is 4.44. The van der Waals surface area contributed by atoms with Crippen LogP contribution in [0.4, 0.5) is 4.79 Å². The van der Waals surface area contributed by atoms with Crippen molar-refractivity contribution in [1.29, 1.82) is 0 Å². The van der Waals surface area contributed by atoms with Crippen LogP contribution in [0.1, 0.15) is 64.0 Å². The number of piperidine rings is 1. The number of likely N-dealkylation sites (tertiary alicyclic amines) is 1. The van der Waals surface area contributed by atoms with Crippen LogP contribution >= 0.6 is 0 Å². The Hall–Kier alpha value is -2.08. The van der Waals surface area contributed by atoms with Gasteiger partial charge in [-0.3, -0.25) is 4.79 Å². The normalized spacial score (nSPS) is 28.2. The molecule has 3 atom stereocenters. The van der Waals surface area contributed by atoms with Gasteiger partial charge in [0.05, 0.1) is 17.7 Å². The summed E-state index contributed by atoms with van der Waals surface area (Å²) in [6.45, 7) is 4.83. The summed E-state index contributed by atoms with van der Waals surface area (Å²) < 4.78 is 0. The molecular formula is C22H33N3O3. The van der Waals surface area contributed by atoms with Crippen LogP contribution in [0.3, 0.4) is 0 Å². The second kappa shape index (κ2) is 8.95. The number of hydrogen-bond donors (Lipinski definition) is 3. The smallest absolute Gasteiger partial charge is 0.317 e. The van der Waals surface area contributed by atoms with Crippen LogP contribution in [0.5, 0.6) is 0 Å². The lowest BCUT2D eigenvalue weighted by Crippen LogP contribution is -2.64. The number of amides is 3. The van der Waals surface area contributed by atoms with Gasteiger partial charge in [-0.05, 0) is 38.2 Å². The Balaban J connectivity index is 1.90. The van der Waals surface area contributed by atoms with E-state index >= 15 is 0 Å². The first-order valence-electron chi connectivity index (χ1n) is 10.6. The van der Waals surface area contributed by atoms with Gasteiger partial charge in [-0.1, -0.05) is 50.1 Å². The van der Waals surface area contributed by atoms with Gasteiger partial charge in [0.25, 0.3) is 0 Å². The molecular weight excluding hydrogens is 354 g/mol. The molecule has 0 radical (unpaired) electrons. The molecule has 0 bridgehead atoms. The van der Waals surface area contributed by atoms with Crippen molar-refractivity contribution in [1.82, 2.24) is 15.5 Å². The highest BCUT2D eigenvalue weighted by molar-refractivity contribution is 5.80. The largest absolute Gasteiger partial charge is 0.388 e. The number of nitrogens with zero attached hydrogens (tertiary/aromatic N) is 1. The summed E-state index contributed by atoms with van der Waals surface area (Å²) in [5.74, 6) is 0.0102. The van der Waals surface area contributed by atoms with Crippen LogP contribution in [-0.4, -0.2) is 46.7 Å². The van der Waals surface area contributed by atoms with E-state index in [-0.39, 0.29) is 17.9 Å². The maximum Gasteiger partial charge on any atom is 0.317 e. The number of carbonyl (C=O) groups excluding carboxylic acids is 2. The summed E-state index contributed by atoms with van der Waals surface area (Å²) in [6.07, 6.45) is 5.23. The molecule has 3 rings (SSSR count). The first-order chi connectivity index (χ1) is 13.4. The number of benzene rings is 1. The molecule has 0 aromatic heterocycles. The molecule has 0 unspecified atom stereocenters. The molecule has 0 spiro atoms. The average Bonchev–Trinajstić information content (AvgIpc) is 3.23. The lowest BCUT2D eigenvalue weighted by molar-refractivity contribution is -0.131. The first-order valence-corrected chi connectivity index (χ1v) is 10.6. The predicted molar refractivity (Wildman–Crippen MR) is 109 cm³/mol. The van der Waals surface area contributed by atoms with Crippen LogP contribution in [0.2, 0.25) is 0 Å². The fourth-order valence-corrected chi connectivity index (χ4v) is 4.44. The summed E-state index contributed by atoms with van der Waals surface area (Å²) in [5, 5.41) is 17.2. The highest BCUT2D eigenvalue weighted by Crippen LogP contribution is 2.37. The maximum absolute atomic E-state index is 12.9. The standard InChI is InChI=1S/C22H33N3O3/c1-3-14-23-21(27)25-15-13-22(2,28)19(18(25)16-9-5-4-6-10-16)24-20(26)17-11-7-8-12-17/h4-6,9-10,17-19,28H,3,7-8,11-15H2,1-2H3,(H,23,27)(H,24,26)/t18-,19-,22+/m0/s1. The number of carbonyl (C=O) groups is 2. The Morgan fingerprint density at radius 3 is 2.54 bits per heavy atom. The number of aliphatic hydroxyl groups is 1. The summed E-state index contributed by atoms with van der Waals surface area (Å²) in [4.78, 5) is 27.5. The molecule has 6 nitrogen and oxygen atoms in total. The third-order valence-corrected chi connectivity index (χ3v) is 6.13. The van der Waals surface area contributed by atoms with E-state index in [1.54, 1.807) is 11.8 Å². The minimum Gasteiger partial charge on any atom is -0.388 e. The van der Waals surface area contributed by atoms with Gasteiger partial charge < -0.3 is 20.6 Å². The lowest BCUT2D eigenvalue weighted by atomic mass is 9.79. The van der Waals surface area contributed by atoms with Crippen LogP contribution in [0.15, 0.2) is 30.3 Å². The predicted octanol–water partition coefficient (Wildman–Crippen LogP) is 2.98. The molecule has 2 fully saturated rings. The van der Waals surface area contributed by atoms with E-state index < -0.39 is 17.7 Å². The third kappa shape index (κ3) is 4.49. The van der Waals surface area contributed by atoms with Crippen LogP contribution < -0.4 is 10.6 Å². The summed E-state index contributed by atoms with van der Waals surface area (Å²) in [5.41, 5.74) is -0.165. The van der Waals surface area contributed by atoms with E-state index in [4.69, 9.17) is 0 Å². The zero-order chi connectivity index (χ0) is 20.1. The van der Waals surface area contributed by atoms with Crippen molar-refractivity contribution in [2.45, 2.75) is 70.1 Å². The molecule has 2 aliphatic rings. The molecule has 3 amide bonds. The Morgan fingerprint density at radius 1 is 1.21 bits per heavy atom. The number of nitrogens with one attached hydrogen (secondary N) is 2. The van der Waals surface area contributed by atoms with Crippen molar-refractivity contribution >= 4 is 11.9 Å². The van der Waals surface area contributed by atoms with Gasteiger partial charge in [-0.25, -0.2) is 4.79 Å². The van der Waals surface area contributed by atoms with Crippen molar-refractivity contribution in [2.75, 3.05) is 13.1 Å². The monoisotopic (exact) mass is 387 g/mol. The van der Waals surface area contributed by atoms with E-state index in [1.165, 1.54) is 0 Å². The lowest BCUT2D eigenvalue weighted by Gasteiger charge is -2.49. The first kappa shape index (κ1) is 20.6. The SMILES string of the molecule is CCCNC(=O)N1CC[C@@](C)(O)[C@@H](NC(=O)C2CCCC2)[C@@H]1c1ccccc1. The zero-order valence-corrected chi connectivity index (χ0v) is 17.0. The molecule has 1 saturated carbocycles. The second-order valence-electron chi connectivity index (χ2n) is 8.36. The topological polar surface area (TPSA) is 81.7 Å². The molecule has 1 heterocycles. The quantitative estimate of drug-likeness (QED) is 0.726. The van der Waals surface area contributed by atoms with Gasteiger partial charge in [0, 0.05) is 19.0 Å². The van der Waals surface area contributed by atoms with E-state index in [0.29, 0.717) is 19.5 Å². The van der Waals surface area contributed by atoms with Gasteiger partial charge in [0.15, 0.2) is 0 Å². The maximum atomic E-state index is 12.9. The van der Waals surface area contributed by atoms with Crippen molar-refractivity contribution < 1.29 is 14.7 Å². The highest BCUT2D eigenvalue weighted by atomic mass is 16.3. The van der Waals surface area contributed by atoms with Gasteiger partial charge in [-0.2, -0.15) is 0 Å². The van der Waals surface area contributed by atoms with Crippen LogP contribution in [0.25, 0.3) is 0 Å². The second-order valence-corrected chi connectivity index (χ2v) is 8.36.